The fourth-order valence-electron chi connectivity index (χ4n) is 1.05. The van der Waals surface area contributed by atoms with Crippen LogP contribution < -0.4 is 5.32 Å². The van der Waals surface area contributed by atoms with E-state index in [0.29, 0.717) is 5.69 Å². The first-order valence-corrected chi connectivity index (χ1v) is 4.50. The Hall–Kier alpha value is -2.18. The van der Waals surface area contributed by atoms with Crippen molar-refractivity contribution in [1.82, 2.24) is 9.97 Å². The molecule has 0 aliphatic rings. The molecule has 1 rings (SSSR count). The molecule has 0 saturated carbocycles. The largest absolute Gasteiger partial charge is 0.481 e. The molecule has 1 unspecified atom stereocenters. The number of anilines is 1. The predicted octanol–water partition coefficient (Wildman–Crippen LogP) is 0.125. The minimum atomic E-state index is -1.26. The first-order chi connectivity index (χ1) is 7.49. The van der Waals surface area contributed by atoms with E-state index in [-0.39, 0.29) is 5.95 Å². The summed E-state index contributed by atoms with van der Waals surface area (Å²) in [6, 6.07) is 0.414. The van der Waals surface area contributed by atoms with Gasteiger partial charge in [-0.2, -0.15) is 0 Å². The van der Waals surface area contributed by atoms with Crippen LogP contribution in [0.25, 0.3) is 0 Å². The monoisotopic (exact) mass is 225 g/mol. The third-order valence-corrected chi connectivity index (χ3v) is 1.77. The zero-order valence-corrected chi connectivity index (χ0v) is 8.54. The maximum absolute atomic E-state index is 10.7. The average molecular weight is 225 g/mol. The molecular formula is C9H11N3O4. The summed E-state index contributed by atoms with van der Waals surface area (Å²) in [4.78, 5) is 28.9. The third-order valence-electron chi connectivity index (χ3n) is 1.77. The Morgan fingerprint density at radius 1 is 1.50 bits per heavy atom. The van der Waals surface area contributed by atoms with Crippen molar-refractivity contribution in [2.75, 3.05) is 5.32 Å². The standard InChI is InChI=1S/C9H11N3O4/c1-5-2-3-10-9(11-5)12-6(8(15)16)4-7(13)14/h2-3,6H,4H2,1H3,(H,13,14)(H,15,16)(H,10,11,12). The van der Waals surface area contributed by atoms with Gasteiger partial charge in [-0.05, 0) is 13.0 Å². The van der Waals surface area contributed by atoms with Crippen LogP contribution in [-0.4, -0.2) is 38.2 Å². The lowest BCUT2D eigenvalue weighted by Crippen LogP contribution is -2.32. The number of carbonyl (C=O) groups is 2. The number of carboxylic acids is 2. The fraction of sp³-hybridized carbons (Fsp3) is 0.333. The maximum Gasteiger partial charge on any atom is 0.326 e. The topological polar surface area (TPSA) is 112 Å². The number of hydrogen-bond donors (Lipinski definition) is 3. The maximum atomic E-state index is 10.7. The highest BCUT2D eigenvalue weighted by molar-refractivity contribution is 5.82. The number of nitrogens with one attached hydrogen (secondary N) is 1. The van der Waals surface area contributed by atoms with E-state index >= 15 is 0 Å². The molecule has 0 radical (unpaired) electrons. The van der Waals surface area contributed by atoms with Crippen molar-refractivity contribution in [2.24, 2.45) is 0 Å². The zero-order chi connectivity index (χ0) is 12.1. The summed E-state index contributed by atoms with van der Waals surface area (Å²) >= 11 is 0. The van der Waals surface area contributed by atoms with Crippen LogP contribution in [0.2, 0.25) is 0 Å². The zero-order valence-electron chi connectivity index (χ0n) is 8.54. The van der Waals surface area contributed by atoms with Crippen LogP contribution >= 0.6 is 0 Å². The number of nitrogens with zero attached hydrogens (tertiary/aromatic N) is 2. The summed E-state index contributed by atoms with van der Waals surface area (Å²) in [6.07, 6.45) is 0.928. The van der Waals surface area contributed by atoms with E-state index < -0.39 is 24.4 Å². The molecule has 7 nitrogen and oxygen atoms in total. The minimum absolute atomic E-state index is 0.105. The molecule has 1 heterocycles. The Kier molecular flexibility index (Phi) is 3.76. The summed E-state index contributed by atoms with van der Waals surface area (Å²) in [5.74, 6) is -2.35. The fourth-order valence-corrected chi connectivity index (χ4v) is 1.05. The highest BCUT2D eigenvalue weighted by atomic mass is 16.4. The Labute approximate surface area is 91.2 Å². The Morgan fingerprint density at radius 3 is 2.69 bits per heavy atom. The van der Waals surface area contributed by atoms with Crippen molar-refractivity contribution >= 4 is 17.9 Å². The van der Waals surface area contributed by atoms with Crippen molar-refractivity contribution < 1.29 is 19.8 Å². The SMILES string of the molecule is Cc1ccnc(NC(CC(=O)O)C(=O)O)n1. The van der Waals surface area contributed by atoms with Gasteiger partial charge in [0.15, 0.2) is 0 Å². The molecule has 16 heavy (non-hydrogen) atoms. The first-order valence-electron chi connectivity index (χ1n) is 4.50. The first kappa shape index (κ1) is 11.9. The molecule has 1 aromatic heterocycles. The Balaban J connectivity index is 2.75. The Morgan fingerprint density at radius 2 is 2.19 bits per heavy atom. The lowest BCUT2D eigenvalue weighted by molar-refractivity contribution is -0.144. The summed E-state index contributed by atoms with van der Waals surface area (Å²) in [5.41, 5.74) is 0.664. The van der Waals surface area contributed by atoms with Crippen LogP contribution in [0.5, 0.6) is 0 Å². The molecule has 0 amide bonds. The molecule has 0 saturated heterocycles. The number of aromatic nitrogens is 2. The van der Waals surface area contributed by atoms with Gasteiger partial charge in [0.25, 0.3) is 0 Å². The molecule has 7 heteroatoms. The smallest absolute Gasteiger partial charge is 0.326 e. The van der Waals surface area contributed by atoms with Gasteiger partial charge in [-0.25, -0.2) is 14.8 Å². The molecule has 0 aliphatic heterocycles. The van der Waals surface area contributed by atoms with Gasteiger partial charge < -0.3 is 15.5 Å². The van der Waals surface area contributed by atoms with Gasteiger partial charge in [0.2, 0.25) is 5.95 Å². The van der Waals surface area contributed by atoms with Crippen molar-refractivity contribution in [2.45, 2.75) is 19.4 Å². The van der Waals surface area contributed by atoms with Crippen molar-refractivity contribution in [3.63, 3.8) is 0 Å². The molecule has 0 aromatic carbocycles. The summed E-state index contributed by atoms with van der Waals surface area (Å²) in [5, 5.41) is 19.7. The molecule has 1 atom stereocenters. The quantitative estimate of drug-likeness (QED) is 0.652. The van der Waals surface area contributed by atoms with Gasteiger partial charge in [-0.3, -0.25) is 4.79 Å². The van der Waals surface area contributed by atoms with Crippen molar-refractivity contribution in [3.05, 3.63) is 18.0 Å². The number of aliphatic carboxylic acids is 2. The molecule has 3 N–H and O–H groups in total. The summed E-state index contributed by atoms with van der Waals surface area (Å²) < 4.78 is 0. The van der Waals surface area contributed by atoms with Crippen molar-refractivity contribution in [3.8, 4) is 0 Å². The van der Waals surface area contributed by atoms with Gasteiger partial charge in [0, 0.05) is 11.9 Å². The van der Waals surface area contributed by atoms with E-state index in [1.807, 2.05) is 0 Å². The van der Waals surface area contributed by atoms with Crippen LogP contribution in [0.15, 0.2) is 12.3 Å². The van der Waals surface area contributed by atoms with Crippen molar-refractivity contribution in [1.29, 1.82) is 0 Å². The number of hydrogen-bond acceptors (Lipinski definition) is 5. The number of carboxylic acid groups (broad SMARTS) is 2. The van der Waals surface area contributed by atoms with Crippen LogP contribution in [0.3, 0.4) is 0 Å². The van der Waals surface area contributed by atoms with Crippen LogP contribution in [0.4, 0.5) is 5.95 Å². The lowest BCUT2D eigenvalue weighted by atomic mass is 10.2. The highest BCUT2D eigenvalue weighted by Gasteiger charge is 2.21. The predicted molar refractivity (Wildman–Crippen MR) is 54.1 cm³/mol. The molecule has 0 bridgehead atoms. The van der Waals surface area contributed by atoms with E-state index in [1.54, 1.807) is 13.0 Å². The van der Waals surface area contributed by atoms with E-state index in [1.165, 1.54) is 6.20 Å². The normalized spacial score (nSPS) is 11.8. The molecule has 1 aromatic rings. The molecule has 0 spiro atoms. The Bertz CT molecular complexity index is 407. The van der Waals surface area contributed by atoms with E-state index in [9.17, 15) is 9.59 Å². The van der Waals surface area contributed by atoms with E-state index in [2.05, 4.69) is 15.3 Å². The highest BCUT2D eigenvalue weighted by Crippen LogP contribution is 2.04. The van der Waals surface area contributed by atoms with Crippen LogP contribution in [-0.2, 0) is 9.59 Å². The molecule has 0 fully saturated rings. The molecular weight excluding hydrogens is 214 g/mol. The second kappa shape index (κ2) is 5.06. The average Bonchev–Trinajstić information content (AvgIpc) is 2.15. The number of aryl methyl sites for hydroxylation is 1. The third kappa shape index (κ3) is 3.52. The van der Waals surface area contributed by atoms with E-state index in [0.717, 1.165) is 0 Å². The van der Waals surface area contributed by atoms with Crippen LogP contribution in [0.1, 0.15) is 12.1 Å². The molecule has 0 aliphatic carbocycles. The van der Waals surface area contributed by atoms with Gasteiger partial charge >= 0.3 is 11.9 Å². The van der Waals surface area contributed by atoms with Gasteiger partial charge in [-0.1, -0.05) is 0 Å². The van der Waals surface area contributed by atoms with E-state index in [4.69, 9.17) is 10.2 Å². The van der Waals surface area contributed by atoms with Gasteiger partial charge in [0.05, 0.1) is 6.42 Å². The van der Waals surface area contributed by atoms with Gasteiger partial charge in [0.1, 0.15) is 6.04 Å². The lowest BCUT2D eigenvalue weighted by Gasteiger charge is -2.11. The second-order valence-corrected chi connectivity index (χ2v) is 3.15. The summed E-state index contributed by atoms with van der Waals surface area (Å²) in [6.45, 7) is 1.72. The second-order valence-electron chi connectivity index (χ2n) is 3.15. The van der Waals surface area contributed by atoms with Gasteiger partial charge in [-0.15, -0.1) is 0 Å². The van der Waals surface area contributed by atoms with Crippen LogP contribution in [0, 0.1) is 6.92 Å². The molecule has 86 valence electrons. The minimum Gasteiger partial charge on any atom is -0.481 e. The number of rotatable bonds is 5. The summed E-state index contributed by atoms with van der Waals surface area (Å²) in [7, 11) is 0.